The molecule has 31 heavy (non-hydrogen) atoms. The Morgan fingerprint density at radius 2 is 1.87 bits per heavy atom. The van der Waals surface area contributed by atoms with Crippen LogP contribution in [0.2, 0.25) is 0 Å². The highest BCUT2D eigenvalue weighted by atomic mass is 16.5. The number of aryl methyl sites for hydroxylation is 1. The van der Waals surface area contributed by atoms with Gasteiger partial charge in [-0.05, 0) is 47.7 Å². The smallest absolute Gasteiger partial charge is 0.217 e. The highest BCUT2D eigenvalue weighted by molar-refractivity contribution is 5.83. The van der Waals surface area contributed by atoms with Gasteiger partial charge in [0.1, 0.15) is 0 Å². The summed E-state index contributed by atoms with van der Waals surface area (Å²) in [5.41, 5.74) is 7.54. The zero-order valence-electron chi connectivity index (χ0n) is 18.5. The van der Waals surface area contributed by atoms with E-state index in [4.69, 9.17) is 14.2 Å². The van der Waals surface area contributed by atoms with Gasteiger partial charge in [0.25, 0.3) is 0 Å². The molecule has 8 heteroatoms. The number of fused-ring (bicyclic) bond motifs is 3. The summed E-state index contributed by atoms with van der Waals surface area (Å²) in [5.74, 6) is 1.43. The molecule has 2 aromatic carbocycles. The van der Waals surface area contributed by atoms with Gasteiger partial charge in [0, 0.05) is 12.5 Å². The van der Waals surface area contributed by atoms with Gasteiger partial charge in [0.05, 0.1) is 46.1 Å². The van der Waals surface area contributed by atoms with Crippen molar-refractivity contribution in [1.29, 1.82) is 0 Å². The topological polar surface area (TPSA) is 114 Å². The number of ether oxygens (including phenoxy) is 3. The van der Waals surface area contributed by atoms with Crippen molar-refractivity contribution >= 4 is 11.6 Å². The second kappa shape index (κ2) is 9.70. The van der Waals surface area contributed by atoms with Gasteiger partial charge < -0.3 is 30.6 Å². The average Bonchev–Trinajstić information content (AvgIpc) is 2.99. The molecule has 0 aromatic heterocycles. The molecule has 1 aliphatic rings. The van der Waals surface area contributed by atoms with E-state index in [1.165, 1.54) is 6.92 Å². The number of carbonyl (C=O) groups is 1. The molecule has 0 saturated heterocycles. The molecular formula is C23H30N3O5+. The van der Waals surface area contributed by atoms with Crippen LogP contribution in [-0.2, 0) is 11.2 Å². The fourth-order valence-corrected chi connectivity index (χ4v) is 4.08. The maximum absolute atomic E-state index is 13.0. The van der Waals surface area contributed by atoms with Crippen molar-refractivity contribution in [1.82, 2.24) is 5.32 Å². The lowest BCUT2D eigenvalue weighted by molar-refractivity contribution is -0.362. The molecule has 1 atom stereocenters. The molecule has 1 amide bonds. The van der Waals surface area contributed by atoms with E-state index in [2.05, 4.69) is 16.4 Å². The Kier molecular flexibility index (Phi) is 7.02. The van der Waals surface area contributed by atoms with E-state index in [0.29, 0.717) is 48.9 Å². The molecule has 0 unspecified atom stereocenters. The van der Waals surface area contributed by atoms with E-state index < -0.39 is 0 Å². The Balaban J connectivity index is 2.36. The summed E-state index contributed by atoms with van der Waals surface area (Å²) in [6.45, 7) is 2.72. The summed E-state index contributed by atoms with van der Waals surface area (Å²) < 4.78 is 16.9. The number of rotatable bonds is 7. The summed E-state index contributed by atoms with van der Waals surface area (Å²) in [4.78, 5) is 24.9. The second-order valence-corrected chi connectivity index (χ2v) is 7.38. The van der Waals surface area contributed by atoms with Crippen LogP contribution in [0.4, 0.5) is 5.69 Å². The predicted octanol–water partition coefficient (Wildman–Crippen LogP) is 1.52. The highest BCUT2D eigenvalue weighted by Gasteiger charge is 2.29. The molecule has 0 aliphatic heterocycles. The van der Waals surface area contributed by atoms with Gasteiger partial charge in [0.2, 0.25) is 17.1 Å². The summed E-state index contributed by atoms with van der Waals surface area (Å²) in [6, 6.07) is 6.89. The first kappa shape index (κ1) is 22.4. The molecule has 2 aromatic rings. The highest BCUT2D eigenvalue weighted by Crippen LogP contribution is 2.50. The fourth-order valence-electron chi connectivity index (χ4n) is 4.08. The maximum Gasteiger partial charge on any atom is 0.217 e. The normalized spacial score (nSPS) is 14.5. The Morgan fingerprint density at radius 3 is 2.48 bits per heavy atom. The lowest BCUT2D eigenvalue weighted by Gasteiger charge is -2.19. The van der Waals surface area contributed by atoms with Crippen molar-refractivity contribution in [2.24, 2.45) is 0 Å². The number of carbonyl (C=O) groups excluding carboxylic acids is 1. The van der Waals surface area contributed by atoms with Crippen LogP contribution in [0, 0.1) is 0 Å². The second-order valence-electron chi connectivity index (χ2n) is 7.38. The number of methoxy groups -OCH3 is 3. The van der Waals surface area contributed by atoms with Gasteiger partial charge in [-0.15, -0.1) is 0 Å². The summed E-state index contributed by atoms with van der Waals surface area (Å²) >= 11 is 0. The Morgan fingerprint density at radius 1 is 1.13 bits per heavy atom. The molecular weight excluding hydrogens is 398 g/mol. The van der Waals surface area contributed by atoms with Crippen LogP contribution >= 0.6 is 0 Å². The van der Waals surface area contributed by atoms with Crippen LogP contribution in [0.1, 0.15) is 30.5 Å². The quantitative estimate of drug-likeness (QED) is 0.616. The van der Waals surface area contributed by atoms with E-state index in [1.807, 2.05) is 12.1 Å². The SMILES string of the molecule is COc1cc2c(c(OC)c1OC)-c1ccc(NCC[NH3+])c(=O)cc1[C@H](NC(C)=O)CC2. The third kappa shape index (κ3) is 4.44. The lowest BCUT2D eigenvalue weighted by atomic mass is 9.95. The monoisotopic (exact) mass is 428 g/mol. The van der Waals surface area contributed by atoms with Crippen LogP contribution in [0.15, 0.2) is 29.1 Å². The Hall–Kier alpha value is -3.26. The van der Waals surface area contributed by atoms with Gasteiger partial charge >= 0.3 is 0 Å². The van der Waals surface area contributed by atoms with Gasteiger partial charge in [-0.3, -0.25) is 9.59 Å². The molecule has 0 spiro atoms. The number of quaternary nitrogens is 1. The Labute approximate surface area is 181 Å². The van der Waals surface area contributed by atoms with Crippen molar-refractivity contribution in [3.05, 3.63) is 45.6 Å². The number of hydrogen-bond donors (Lipinski definition) is 3. The first-order valence-corrected chi connectivity index (χ1v) is 10.3. The van der Waals surface area contributed by atoms with Crippen molar-refractivity contribution < 1.29 is 24.7 Å². The van der Waals surface area contributed by atoms with E-state index in [9.17, 15) is 9.59 Å². The standard InChI is InChI=1S/C23H29N3O5/c1-13(27)26-17-7-5-14-11-20(29-2)22(30-3)23(31-4)21(14)15-6-8-18(25-10-9-24)19(28)12-16(15)17/h6,8,11-12,17H,5,7,9-10,24H2,1-4H3,(H,25,28)(H,26,27)/p+1/t17-/m1/s1. The molecule has 0 heterocycles. The molecule has 8 nitrogen and oxygen atoms in total. The van der Waals surface area contributed by atoms with Gasteiger partial charge in [-0.1, -0.05) is 6.07 Å². The molecule has 0 radical (unpaired) electrons. The van der Waals surface area contributed by atoms with Gasteiger partial charge in [-0.2, -0.15) is 0 Å². The van der Waals surface area contributed by atoms with Crippen LogP contribution in [0.3, 0.4) is 0 Å². The van der Waals surface area contributed by atoms with E-state index in [1.54, 1.807) is 33.5 Å². The van der Waals surface area contributed by atoms with Crippen molar-refractivity contribution in [3.63, 3.8) is 0 Å². The van der Waals surface area contributed by atoms with Crippen LogP contribution in [0.25, 0.3) is 11.1 Å². The first-order chi connectivity index (χ1) is 14.9. The molecule has 3 rings (SSSR count). The molecule has 0 bridgehead atoms. The summed E-state index contributed by atoms with van der Waals surface area (Å²) in [5, 5.41) is 6.13. The van der Waals surface area contributed by atoms with Crippen LogP contribution in [-0.4, -0.2) is 40.3 Å². The summed E-state index contributed by atoms with van der Waals surface area (Å²) in [7, 11) is 4.72. The first-order valence-electron chi connectivity index (χ1n) is 10.3. The minimum atomic E-state index is -0.317. The Bertz CT molecular complexity index is 1040. The van der Waals surface area contributed by atoms with Crippen LogP contribution in [0.5, 0.6) is 17.2 Å². The average molecular weight is 429 g/mol. The predicted molar refractivity (Wildman–Crippen MR) is 119 cm³/mol. The third-order valence-corrected chi connectivity index (χ3v) is 5.41. The van der Waals surface area contributed by atoms with Gasteiger partial charge in [0.15, 0.2) is 11.5 Å². The fraction of sp³-hybridized carbons (Fsp3) is 0.391. The minimum Gasteiger partial charge on any atom is -0.493 e. The zero-order chi connectivity index (χ0) is 22.5. The third-order valence-electron chi connectivity index (χ3n) is 5.41. The van der Waals surface area contributed by atoms with Gasteiger partial charge in [-0.25, -0.2) is 0 Å². The van der Waals surface area contributed by atoms with Crippen molar-refractivity contribution in [2.75, 3.05) is 39.7 Å². The van der Waals surface area contributed by atoms with Crippen molar-refractivity contribution in [3.8, 4) is 28.4 Å². The molecule has 5 N–H and O–H groups in total. The molecule has 0 saturated carbocycles. The van der Waals surface area contributed by atoms with Crippen molar-refractivity contribution in [2.45, 2.75) is 25.8 Å². The minimum absolute atomic E-state index is 0.145. The molecule has 166 valence electrons. The summed E-state index contributed by atoms with van der Waals surface area (Å²) in [6.07, 6.45) is 1.29. The van der Waals surface area contributed by atoms with E-state index >= 15 is 0 Å². The van der Waals surface area contributed by atoms with E-state index in [0.717, 1.165) is 22.3 Å². The number of amides is 1. The molecule has 1 aliphatic carbocycles. The number of nitrogens with one attached hydrogen (secondary N) is 2. The number of benzene rings is 1. The zero-order valence-corrected chi connectivity index (χ0v) is 18.5. The molecule has 0 fully saturated rings. The maximum atomic E-state index is 13.0. The largest absolute Gasteiger partial charge is 0.493 e. The number of anilines is 1. The lowest BCUT2D eigenvalue weighted by Crippen LogP contribution is -2.53. The number of hydrogen-bond acceptors (Lipinski definition) is 6. The van der Waals surface area contributed by atoms with Crippen LogP contribution < -0.4 is 36.0 Å². The van der Waals surface area contributed by atoms with E-state index in [-0.39, 0.29) is 17.4 Å².